The van der Waals surface area contributed by atoms with Crippen molar-refractivity contribution < 1.29 is 8.42 Å². The van der Waals surface area contributed by atoms with E-state index >= 15 is 0 Å². The number of benzene rings is 2. The fourth-order valence-corrected chi connectivity index (χ4v) is 3.22. The van der Waals surface area contributed by atoms with Gasteiger partial charge in [0.15, 0.2) is 0 Å². The third-order valence-electron chi connectivity index (χ3n) is 2.99. The van der Waals surface area contributed by atoms with Gasteiger partial charge in [0.05, 0.1) is 14.9 Å². The highest BCUT2D eigenvalue weighted by Gasteiger charge is 2.15. The van der Waals surface area contributed by atoms with Crippen LogP contribution >= 0.6 is 23.2 Å². The van der Waals surface area contributed by atoms with E-state index in [0.29, 0.717) is 11.6 Å². The smallest absolute Gasteiger partial charge is 0.240 e. The Labute approximate surface area is 133 Å². The van der Waals surface area contributed by atoms with Crippen LogP contribution in [0.5, 0.6) is 0 Å². The van der Waals surface area contributed by atoms with Gasteiger partial charge in [0.2, 0.25) is 10.0 Å². The van der Waals surface area contributed by atoms with Crippen LogP contribution in [0, 0.1) is 0 Å². The van der Waals surface area contributed by atoms with Crippen LogP contribution in [0.2, 0.25) is 10.0 Å². The first-order valence-corrected chi connectivity index (χ1v) is 8.39. The zero-order valence-corrected chi connectivity index (χ0v) is 13.3. The molecule has 0 radical (unpaired) electrons. The SMILES string of the molecule is NCc1ccccc1CNS(=O)(=O)c1ccc(Cl)c(Cl)c1. The van der Waals surface area contributed by atoms with Gasteiger partial charge in [-0.2, -0.15) is 0 Å². The highest BCUT2D eigenvalue weighted by molar-refractivity contribution is 7.89. The number of halogens is 2. The molecule has 3 N–H and O–H groups in total. The molecule has 0 atom stereocenters. The molecular formula is C14H14Cl2N2O2S. The van der Waals surface area contributed by atoms with Crippen LogP contribution in [0.3, 0.4) is 0 Å². The topological polar surface area (TPSA) is 72.2 Å². The molecule has 21 heavy (non-hydrogen) atoms. The quantitative estimate of drug-likeness (QED) is 0.875. The summed E-state index contributed by atoms with van der Waals surface area (Å²) in [7, 11) is -3.66. The first-order valence-electron chi connectivity index (χ1n) is 6.15. The third-order valence-corrected chi connectivity index (χ3v) is 5.13. The summed E-state index contributed by atoms with van der Waals surface area (Å²) in [4.78, 5) is 0.0714. The molecule has 0 heterocycles. The van der Waals surface area contributed by atoms with Crippen molar-refractivity contribution in [3.05, 3.63) is 63.6 Å². The van der Waals surface area contributed by atoms with E-state index < -0.39 is 10.0 Å². The number of sulfonamides is 1. The van der Waals surface area contributed by atoms with Gasteiger partial charge >= 0.3 is 0 Å². The van der Waals surface area contributed by atoms with Gasteiger partial charge in [-0.3, -0.25) is 0 Å². The minimum atomic E-state index is -3.66. The normalized spacial score (nSPS) is 11.6. The fraction of sp³-hybridized carbons (Fsp3) is 0.143. The van der Waals surface area contributed by atoms with E-state index in [1.807, 2.05) is 24.3 Å². The van der Waals surface area contributed by atoms with Gasteiger partial charge < -0.3 is 5.73 Å². The molecule has 0 aliphatic heterocycles. The molecule has 0 unspecified atom stereocenters. The molecule has 0 aromatic heterocycles. The Morgan fingerprint density at radius 1 is 1.00 bits per heavy atom. The summed E-state index contributed by atoms with van der Waals surface area (Å²) in [6.45, 7) is 0.515. The van der Waals surface area contributed by atoms with Crippen LogP contribution in [0.4, 0.5) is 0 Å². The molecular weight excluding hydrogens is 331 g/mol. The van der Waals surface area contributed by atoms with Crippen molar-refractivity contribution in [3.63, 3.8) is 0 Å². The Kier molecular flexibility index (Phi) is 5.24. The molecule has 0 aliphatic rings. The molecule has 0 aliphatic carbocycles. The van der Waals surface area contributed by atoms with Crippen LogP contribution in [-0.2, 0) is 23.1 Å². The lowest BCUT2D eigenvalue weighted by atomic mass is 10.1. The second-order valence-electron chi connectivity index (χ2n) is 4.37. The molecule has 4 nitrogen and oxygen atoms in total. The summed E-state index contributed by atoms with van der Waals surface area (Å²) < 4.78 is 27.0. The van der Waals surface area contributed by atoms with Gasteiger partial charge in [-0.25, -0.2) is 13.1 Å². The molecule has 2 rings (SSSR count). The number of hydrogen-bond donors (Lipinski definition) is 2. The van der Waals surface area contributed by atoms with E-state index in [0.717, 1.165) is 11.1 Å². The first-order chi connectivity index (χ1) is 9.94. The minimum Gasteiger partial charge on any atom is -0.326 e. The molecule has 0 saturated heterocycles. The van der Waals surface area contributed by atoms with Crippen LogP contribution in [0.25, 0.3) is 0 Å². The third kappa shape index (κ3) is 3.96. The van der Waals surface area contributed by atoms with E-state index in [1.54, 1.807) is 0 Å². The van der Waals surface area contributed by atoms with Crippen LogP contribution in [-0.4, -0.2) is 8.42 Å². The zero-order chi connectivity index (χ0) is 15.5. The summed E-state index contributed by atoms with van der Waals surface area (Å²) in [6.07, 6.45) is 0. The minimum absolute atomic E-state index is 0.0714. The van der Waals surface area contributed by atoms with Crippen LogP contribution < -0.4 is 10.5 Å². The summed E-state index contributed by atoms with van der Waals surface area (Å²) in [5, 5.41) is 0.506. The van der Waals surface area contributed by atoms with Gasteiger partial charge in [-0.05, 0) is 29.3 Å². The lowest BCUT2D eigenvalue weighted by molar-refractivity contribution is 0.581. The highest BCUT2D eigenvalue weighted by atomic mass is 35.5. The van der Waals surface area contributed by atoms with E-state index in [2.05, 4.69) is 4.72 Å². The second-order valence-corrected chi connectivity index (χ2v) is 6.95. The Bertz CT molecular complexity index is 748. The lowest BCUT2D eigenvalue weighted by Crippen LogP contribution is -2.24. The van der Waals surface area contributed by atoms with Gasteiger partial charge in [0.1, 0.15) is 0 Å². The Morgan fingerprint density at radius 3 is 2.29 bits per heavy atom. The lowest BCUT2D eigenvalue weighted by Gasteiger charge is -2.10. The van der Waals surface area contributed by atoms with E-state index in [9.17, 15) is 8.42 Å². The first kappa shape index (κ1) is 16.3. The molecule has 0 amide bonds. The number of nitrogens with two attached hydrogens (primary N) is 1. The Balaban J connectivity index is 2.20. The maximum absolute atomic E-state index is 12.2. The second kappa shape index (κ2) is 6.77. The molecule has 0 saturated carbocycles. The van der Waals surface area contributed by atoms with E-state index in [4.69, 9.17) is 28.9 Å². The molecule has 7 heteroatoms. The van der Waals surface area contributed by atoms with Gasteiger partial charge in [-0.15, -0.1) is 0 Å². The number of nitrogens with one attached hydrogen (secondary N) is 1. The maximum atomic E-state index is 12.2. The molecule has 0 bridgehead atoms. The van der Waals surface area contributed by atoms with Crippen molar-refractivity contribution in [1.29, 1.82) is 0 Å². The Morgan fingerprint density at radius 2 is 1.67 bits per heavy atom. The van der Waals surface area contributed by atoms with Crippen LogP contribution in [0.1, 0.15) is 11.1 Å². The average molecular weight is 345 g/mol. The highest BCUT2D eigenvalue weighted by Crippen LogP contribution is 2.24. The molecule has 2 aromatic rings. The number of hydrogen-bond acceptors (Lipinski definition) is 3. The summed E-state index contributed by atoms with van der Waals surface area (Å²) in [5.74, 6) is 0. The average Bonchev–Trinajstić information content (AvgIpc) is 2.48. The predicted octanol–water partition coefficient (Wildman–Crippen LogP) is 2.93. The molecule has 0 fully saturated rings. The van der Waals surface area contributed by atoms with Gasteiger partial charge in [0, 0.05) is 13.1 Å². The summed E-state index contributed by atoms with van der Waals surface area (Å²) in [5.41, 5.74) is 7.36. The van der Waals surface area contributed by atoms with E-state index in [1.165, 1.54) is 18.2 Å². The van der Waals surface area contributed by atoms with Crippen molar-refractivity contribution in [2.24, 2.45) is 5.73 Å². The van der Waals surface area contributed by atoms with Crippen molar-refractivity contribution in [2.45, 2.75) is 18.0 Å². The monoisotopic (exact) mass is 344 g/mol. The molecule has 112 valence electrons. The number of rotatable bonds is 5. The van der Waals surface area contributed by atoms with E-state index in [-0.39, 0.29) is 16.5 Å². The fourth-order valence-electron chi connectivity index (χ4n) is 1.83. The summed E-state index contributed by atoms with van der Waals surface area (Å²) in [6, 6.07) is 11.6. The summed E-state index contributed by atoms with van der Waals surface area (Å²) >= 11 is 11.6. The zero-order valence-electron chi connectivity index (χ0n) is 11.0. The van der Waals surface area contributed by atoms with Crippen molar-refractivity contribution in [3.8, 4) is 0 Å². The molecule has 2 aromatic carbocycles. The standard InChI is InChI=1S/C14H14Cl2N2O2S/c15-13-6-5-12(7-14(13)16)21(19,20)18-9-11-4-2-1-3-10(11)8-17/h1-7,18H,8-9,17H2. The van der Waals surface area contributed by atoms with Gasteiger partial charge in [-0.1, -0.05) is 47.5 Å². The maximum Gasteiger partial charge on any atom is 0.240 e. The Hall–Kier alpha value is -1.11. The van der Waals surface area contributed by atoms with Crippen LogP contribution in [0.15, 0.2) is 47.4 Å². The molecule has 0 spiro atoms. The largest absolute Gasteiger partial charge is 0.326 e. The van der Waals surface area contributed by atoms with Gasteiger partial charge in [0.25, 0.3) is 0 Å². The van der Waals surface area contributed by atoms with Crippen molar-refractivity contribution in [2.75, 3.05) is 0 Å². The van der Waals surface area contributed by atoms with Crippen molar-refractivity contribution >= 4 is 33.2 Å². The predicted molar refractivity (Wildman–Crippen MR) is 84.8 cm³/mol. The van der Waals surface area contributed by atoms with Crippen molar-refractivity contribution in [1.82, 2.24) is 4.72 Å².